The van der Waals surface area contributed by atoms with Gasteiger partial charge in [-0.1, -0.05) is 20.8 Å². The molecule has 1 fully saturated rings. The molecule has 2 aliphatic rings. The Bertz CT molecular complexity index is 918. The SMILES string of the molecule is CCOC(=O)C12CCC(C)(c3nc4cc(C)c(C)cc4nc31)C2(C)C. The third-order valence-electron chi connectivity index (χ3n) is 7.28. The van der Waals surface area contributed by atoms with Crippen LogP contribution in [0.2, 0.25) is 0 Å². The molecule has 25 heavy (non-hydrogen) atoms. The number of benzene rings is 1. The van der Waals surface area contributed by atoms with Crippen LogP contribution in [-0.4, -0.2) is 22.5 Å². The normalized spacial score (nSPS) is 29.0. The highest BCUT2D eigenvalue weighted by Crippen LogP contribution is 2.70. The zero-order valence-electron chi connectivity index (χ0n) is 16.0. The maximum atomic E-state index is 13.1. The van der Waals surface area contributed by atoms with Gasteiger partial charge in [-0.2, -0.15) is 0 Å². The zero-order valence-corrected chi connectivity index (χ0v) is 16.0. The number of rotatable bonds is 2. The van der Waals surface area contributed by atoms with Gasteiger partial charge in [0.2, 0.25) is 0 Å². The number of ether oxygens (including phenoxy) is 1. The number of aryl methyl sites for hydroxylation is 2. The van der Waals surface area contributed by atoms with Gasteiger partial charge in [-0.3, -0.25) is 4.79 Å². The van der Waals surface area contributed by atoms with E-state index in [-0.39, 0.29) is 16.8 Å². The van der Waals surface area contributed by atoms with E-state index in [1.165, 1.54) is 11.1 Å². The Kier molecular flexibility index (Phi) is 3.17. The van der Waals surface area contributed by atoms with Crippen LogP contribution in [0.25, 0.3) is 11.0 Å². The number of carbonyl (C=O) groups is 1. The van der Waals surface area contributed by atoms with E-state index in [1.807, 2.05) is 6.92 Å². The molecule has 2 aromatic rings. The molecule has 0 saturated heterocycles. The fourth-order valence-electron chi connectivity index (χ4n) is 5.06. The average molecular weight is 338 g/mol. The molecule has 132 valence electrons. The second-order valence-corrected chi connectivity index (χ2v) is 8.43. The highest BCUT2D eigenvalue weighted by atomic mass is 16.5. The summed E-state index contributed by atoms with van der Waals surface area (Å²) in [6.07, 6.45) is 1.73. The largest absolute Gasteiger partial charge is 0.465 e. The Morgan fingerprint density at radius 3 is 2.16 bits per heavy atom. The molecule has 4 nitrogen and oxygen atoms in total. The molecule has 4 heteroatoms. The molecule has 0 N–H and O–H groups in total. The summed E-state index contributed by atoms with van der Waals surface area (Å²) in [5.74, 6) is -0.139. The van der Waals surface area contributed by atoms with Gasteiger partial charge in [0, 0.05) is 5.41 Å². The van der Waals surface area contributed by atoms with Gasteiger partial charge in [-0.05, 0) is 62.3 Å². The molecular weight excluding hydrogens is 312 g/mol. The number of hydrogen-bond acceptors (Lipinski definition) is 4. The van der Waals surface area contributed by atoms with E-state index in [0.717, 1.165) is 35.3 Å². The Morgan fingerprint density at radius 1 is 1.04 bits per heavy atom. The lowest BCUT2D eigenvalue weighted by Gasteiger charge is -2.38. The van der Waals surface area contributed by atoms with Gasteiger partial charge in [-0.25, -0.2) is 9.97 Å². The van der Waals surface area contributed by atoms with Crippen LogP contribution >= 0.6 is 0 Å². The van der Waals surface area contributed by atoms with Gasteiger partial charge >= 0.3 is 5.97 Å². The summed E-state index contributed by atoms with van der Waals surface area (Å²) in [6.45, 7) is 13.0. The summed E-state index contributed by atoms with van der Waals surface area (Å²) in [4.78, 5) is 23.1. The maximum Gasteiger partial charge on any atom is 0.318 e. The number of nitrogens with zero attached hydrogens (tertiary/aromatic N) is 2. The van der Waals surface area contributed by atoms with E-state index in [4.69, 9.17) is 14.7 Å². The van der Waals surface area contributed by atoms with Crippen LogP contribution < -0.4 is 0 Å². The highest BCUT2D eigenvalue weighted by Gasteiger charge is 2.73. The van der Waals surface area contributed by atoms with Gasteiger partial charge in [0.05, 0.1) is 29.0 Å². The summed E-state index contributed by atoms with van der Waals surface area (Å²) in [5.41, 5.74) is 4.93. The van der Waals surface area contributed by atoms with Crippen LogP contribution in [0.5, 0.6) is 0 Å². The quantitative estimate of drug-likeness (QED) is 0.772. The summed E-state index contributed by atoms with van der Waals surface area (Å²) in [7, 11) is 0. The van der Waals surface area contributed by atoms with Crippen molar-refractivity contribution >= 4 is 17.0 Å². The van der Waals surface area contributed by atoms with Crippen molar-refractivity contribution in [2.24, 2.45) is 5.41 Å². The number of fused-ring (bicyclic) bond motifs is 6. The van der Waals surface area contributed by atoms with Crippen LogP contribution in [0, 0.1) is 19.3 Å². The number of hydrogen-bond donors (Lipinski definition) is 0. The van der Waals surface area contributed by atoms with E-state index >= 15 is 0 Å². The first-order valence-corrected chi connectivity index (χ1v) is 9.16. The summed E-state index contributed by atoms with van der Waals surface area (Å²) in [5, 5.41) is 0. The van der Waals surface area contributed by atoms with Crippen molar-refractivity contribution in [2.75, 3.05) is 6.61 Å². The summed E-state index contributed by atoms with van der Waals surface area (Å²) >= 11 is 0. The second kappa shape index (κ2) is 4.80. The van der Waals surface area contributed by atoms with Crippen LogP contribution in [0.4, 0.5) is 0 Å². The Balaban J connectivity index is 2.06. The van der Waals surface area contributed by atoms with E-state index < -0.39 is 5.41 Å². The molecule has 1 aromatic heterocycles. The summed E-state index contributed by atoms with van der Waals surface area (Å²) in [6, 6.07) is 4.19. The van der Waals surface area contributed by atoms with Crippen molar-refractivity contribution in [2.45, 2.75) is 65.2 Å². The predicted octanol–water partition coefficient (Wildman–Crippen LogP) is 4.14. The van der Waals surface area contributed by atoms with Gasteiger partial charge in [-0.15, -0.1) is 0 Å². The lowest BCUT2D eigenvalue weighted by molar-refractivity contribution is -0.154. The first kappa shape index (κ1) is 16.5. The van der Waals surface area contributed by atoms with Crippen LogP contribution in [-0.2, 0) is 20.4 Å². The first-order valence-electron chi connectivity index (χ1n) is 9.16. The number of aromatic nitrogens is 2. The minimum atomic E-state index is -0.687. The number of esters is 1. The van der Waals surface area contributed by atoms with Gasteiger partial charge in [0.25, 0.3) is 0 Å². The molecule has 0 amide bonds. The van der Waals surface area contributed by atoms with Gasteiger partial charge in [0.1, 0.15) is 5.41 Å². The van der Waals surface area contributed by atoms with E-state index in [1.54, 1.807) is 0 Å². The van der Waals surface area contributed by atoms with Gasteiger partial charge < -0.3 is 4.74 Å². The van der Waals surface area contributed by atoms with Crippen molar-refractivity contribution in [3.63, 3.8) is 0 Å². The standard InChI is InChI=1S/C21H26N2O2/c1-7-25-18(24)21-9-8-20(6,19(21,4)5)16-17(21)23-15-11-13(3)12(2)10-14(15)22-16/h10-11H,7-9H2,1-6H3. The predicted molar refractivity (Wildman–Crippen MR) is 97.7 cm³/mol. The fourth-order valence-corrected chi connectivity index (χ4v) is 5.06. The smallest absolute Gasteiger partial charge is 0.318 e. The minimum absolute atomic E-state index is 0.139. The molecule has 1 saturated carbocycles. The van der Waals surface area contributed by atoms with E-state index in [2.05, 4.69) is 46.8 Å². The topological polar surface area (TPSA) is 52.1 Å². The van der Waals surface area contributed by atoms with Crippen LogP contribution in [0.15, 0.2) is 12.1 Å². The van der Waals surface area contributed by atoms with Crippen molar-refractivity contribution in [3.05, 3.63) is 34.6 Å². The third kappa shape index (κ3) is 1.70. The van der Waals surface area contributed by atoms with E-state index in [0.29, 0.717) is 6.61 Å². The summed E-state index contributed by atoms with van der Waals surface area (Å²) < 4.78 is 5.53. The Morgan fingerprint density at radius 2 is 1.60 bits per heavy atom. The lowest BCUT2D eigenvalue weighted by Crippen LogP contribution is -2.46. The van der Waals surface area contributed by atoms with Crippen molar-refractivity contribution in [1.82, 2.24) is 9.97 Å². The second-order valence-electron chi connectivity index (χ2n) is 8.43. The molecule has 2 unspecified atom stereocenters. The van der Waals surface area contributed by atoms with Gasteiger partial charge in [0.15, 0.2) is 0 Å². The van der Waals surface area contributed by atoms with Crippen LogP contribution in [0.3, 0.4) is 0 Å². The Labute approximate surface area is 149 Å². The zero-order chi connectivity index (χ0) is 18.2. The molecule has 2 aliphatic carbocycles. The molecule has 0 spiro atoms. The molecule has 0 aliphatic heterocycles. The number of carbonyl (C=O) groups excluding carboxylic acids is 1. The van der Waals surface area contributed by atoms with Crippen molar-refractivity contribution < 1.29 is 9.53 Å². The monoisotopic (exact) mass is 338 g/mol. The molecule has 4 rings (SSSR count). The molecule has 2 bridgehead atoms. The lowest BCUT2D eigenvalue weighted by atomic mass is 9.64. The fraction of sp³-hybridized carbons (Fsp3) is 0.571. The Hall–Kier alpha value is -1.97. The molecule has 1 aromatic carbocycles. The highest BCUT2D eigenvalue weighted by molar-refractivity contribution is 5.89. The molecule has 2 atom stereocenters. The maximum absolute atomic E-state index is 13.1. The van der Waals surface area contributed by atoms with E-state index in [9.17, 15) is 4.79 Å². The first-order chi connectivity index (χ1) is 11.7. The van der Waals surface area contributed by atoms with Crippen LogP contribution in [0.1, 0.15) is 63.1 Å². The third-order valence-corrected chi connectivity index (χ3v) is 7.28. The van der Waals surface area contributed by atoms with Crippen molar-refractivity contribution in [1.29, 1.82) is 0 Å². The minimum Gasteiger partial charge on any atom is -0.465 e. The molecule has 0 radical (unpaired) electrons. The molecular formula is C21H26N2O2. The average Bonchev–Trinajstić information content (AvgIpc) is 2.84. The molecule has 1 heterocycles. The van der Waals surface area contributed by atoms with Crippen molar-refractivity contribution in [3.8, 4) is 0 Å².